The van der Waals surface area contributed by atoms with Crippen LogP contribution in [0.2, 0.25) is 0 Å². The quantitative estimate of drug-likeness (QED) is 0.249. The van der Waals surface area contributed by atoms with Gasteiger partial charge >= 0.3 is 6.09 Å². The van der Waals surface area contributed by atoms with Crippen LogP contribution in [0.1, 0.15) is 15.9 Å². The molecule has 5 rings (SSSR count). The Kier molecular flexibility index (Phi) is 7.34. The maximum absolute atomic E-state index is 12.9. The summed E-state index contributed by atoms with van der Waals surface area (Å²) in [4.78, 5) is 29.4. The Labute approximate surface area is 218 Å². The van der Waals surface area contributed by atoms with Crippen molar-refractivity contribution in [1.82, 2.24) is 10.3 Å². The summed E-state index contributed by atoms with van der Waals surface area (Å²) in [5.74, 6) is -0.169. The summed E-state index contributed by atoms with van der Waals surface area (Å²) in [6.45, 7) is 0.317. The SMILES string of the molecule is O=C(NCc1ccc(-c2ccccc2)cc1)Oc1csc(NC(=O)c2ccccc2-c2ccccc2)n1. The van der Waals surface area contributed by atoms with Crippen LogP contribution < -0.4 is 15.4 Å². The molecule has 0 aliphatic rings. The van der Waals surface area contributed by atoms with Gasteiger partial charge in [0.15, 0.2) is 5.13 Å². The Bertz CT molecular complexity index is 1500. The van der Waals surface area contributed by atoms with E-state index < -0.39 is 6.09 Å². The number of rotatable bonds is 7. The van der Waals surface area contributed by atoms with Crippen LogP contribution in [0.25, 0.3) is 22.3 Å². The Morgan fingerprint density at radius 2 is 1.35 bits per heavy atom. The maximum Gasteiger partial charge on any atom is 0.414 e. The average molecular weight is 506 g/mol. The molecular weight excluding hydrogens is 482 g/mol. The number of ether oxygens (including phenoxy) is 1. The lowest BCUT2D eigenvalue weighted by Crippen LogP contribution is -2.26. The molecule has 5 aromatic rings. The first-order valence-corrected chi connectivity index (χ1v) is 12.5. The number of aromatic nitrogens is 1. The summed E-state index contributed by atoms with van der Waals surface area (Å²) < 4.78 is 5.29. The van der Waals surface area contributed by atoms with Crippen molar-refractivity contribution in [3.8, 4) is 28.1 Å². The minimum Gasteiger partial charge on any atom is -0.390 e. The third-order valence-electron chi connectivity index (χ3n) is 5.66. The van der Waals surface area contributed by atoms with Gasteiger partial charge in [0.2, 0.25) is 5.88 Å². The van der Waals surface area contributed by atoms with E-state index in [-0.39, 0.29) is 11.8 Å². The van der Waals surface area contributed by atoms with Crippen LogP contribution in [-0.2, 0) is 6.54 Å². The molecule has 1 aromatic heterocycles. The number of carbonyl (C=O) groups excluding carboxylic acids is 2. The normalized spacial score (nSPS) is 10.5. The van der Waals surface area contributed by atoms with Gasteiger partial charge in [-0.1, -0.05) is 103 Å². The molecule has 0 atom stereocenters. The number of benzene rings is 4. The molecule has 0 aliphatic heterocycles. The number of anilines is 1. The molecule has 2 amide bonds. The van der Waals surface area contributed by atoms with Gasteiger partial charge in [0.05, 0.1) is 5.38 Å². The monoisotopic (exact) mass is 505 g/mol. The maximum atomic E-state index is 12.9. The lowest BCUT2D eigenvalue weighted by atomic mass is 9.99. The number of carbonyl (C=O) groups is 2. The molecule has 4 aromatic carbocycles. The first-order valence-electron chi connectivity index (χ1n) is 11.7. The first kappa shape index (κ1) is 24.0. The zero-order valence-corrected chi connectivity index (χ0v) is 20.6. The van der Waals surface area contributed by atoms with Gasteiger partial charge in [0.25, 0.3) is 5.91 Å². The number of nitrogens with zero attached hydrogens (tertiary/aromatic N) is 1. The van der Waals surface area contributed by atoms with E-state index in [0.717, 1.165) is 27.8 Å². The summed E-state index contributed by atoms with van der Waals surface area (Å²) in [5, 5.41) is 7.44. The van der Waals surface area contributed by atoms with Crippen molar-refractivity contribution in [3.63, 3.8) is 0 Å². The minimum atomic E-state index is -0.621. The predicted octanol–water partition coefficient (Wildman–Crippen LogP) is 7.02. The molecule has 0 saturated carbocycles. The van der Waals surface area contributed by atoms with E-state index in [1.54, 1.807) is 11.4 Å². The zero-order valence-electron chi connectivity index (χ0n) is 19.8. The second-order valence-corrected chi connectivity index (χ2v) is 9.02. The van der Waals surface area contributed by atoms with E-state index in [0.29, 0.717) is 17.2 Å². The highest BCUT2D eigenvalue weighted by atomic mass is 32.1. The second kappa shape index (κ2) is 11.3. The summed E-state index contributed by atoms with van der Waals surface area (Å²) in [6, 6.07) is 35.1. The van der Waals surface area contributed by atoms with Crippen LogP contribution in [0.4, 0.5) is 9.93 Å². The fraction of sp³-hybridized carbons (Fsp3) is 0.0333. The van der Waals surface area contributed by atoms with Gasteiger partial charge in [-0.15, -0.1) is 11.3 Å². The number of thiazole rings is 1. The highest BCUT2D eigenvalue weighted by molar-refractivity contribution is 7.14. The van der Waals surface area contributed by atoms with Crippen LogP contribution in [0.15, 0.2) is 115 Å². The lowest BCUT2D eigenvalue weighted by Gasteiger charge is -2.09. The van der Waals surface area contributed by atoms with Crippen LogP contribution in [-0.4, -0.2) is 17.0 Å². The van der Waals surface area contributed by atoms with E-state index in [4.69, 9.17) is 4.74 Å². The van der Waals surface area contributed by atoms with Gasteiger partial charge in [-0.25, -0.2) is 4.79 Å². The Balaban J connectivity index is 1.16. The summed E-state index contributed by atoms with van der Waals surface area (Å²) >= 11 is 1.18. The molecule has 0 radical (unpaired) electrons. The fourth-order valence-corrected chi connectivity index (χ4v) is 4.44. The Morgan fingerprint density at radius 1 is 0.730 bits per heavy atom. The third-order valence-corrected chi connectivity index (χ3v) is 6.39. The largest absolute Gasteiger partial charge is 0.414 e. The number of hydrogen-bond donors (Lipinski definition) is 2. The molecule has 37 heavy (non-hydrogen) atoms. The molecule has 7 heteroatoms. The van der Waals surface area contributed by atoms with Gasteiger partial charge in [-0.2, -0.15) is 4.98 Å². The van der Waals surface area contributed by atoms with Crippen molar-refractivity contribution < 1.29 is 14.3 Å². The Morgan fingerprint density at radius 3 is 2.08 bits per heavy atom. The minimum absolute atomic E-state index is 0.119. The molecule has 182 valence electrons. The topological polar surface area (TPSA) is 80.3 Å². The van der Waals surface area contributed by atoms with Crippen molar-refractivity contribution >= 4 is 28.5 Å². The van der Waals surface area contributed by atoms with E-state index >= 15 is 0 Å². The van der Waals surface area contributed by atoms with Crippen LogP contribution >= 0.6 is 11.3 Å². The van der Waals surface area contributed by atoms with Crippen molar-refractivity contribution in [2.75, 3.05) is 5.32 Å². The van der Waals surface area contributed by atoms with Crippen LogP contribution in [0.3, 0.4) is 0 Å². The Hall–Kier alpha value is -4.75. The molecule has 0 saturated heterocycles. The molecule has 0 fully saturated rings. The third kappa shape index (κ3) is 6.09. The van der Waals surface area contributed by atoms with E-state index in [1.165, 1.54) is 11.3 Å². The van der Waals surface area contributed by atoms with Crippen LogP contribution in [0, 0.1) is 0 Å². The molecule has 0 unspecified atom stereocenters. The summed E-state index contributed by atoms with van der Waals surface area (Å²) in [6.07, 6.45) is -0.621. The van der Waals surface area contributed by atoms with Gasteiger partial charge in [0.1, 0.15) is 0 Å². The van der Waals surface area contributed by atoms with Crippen molar-refractivity contribution in [3.05, 3.63) is 126 Å². The van der Waals surface area contributed by atoms with Gasteiger partial charge in [-0.05, 0) is 33.9 Å². The molecule has 0 spiro atoms. The van der Waals surface area contributed by atoms with Crippen molar-refractivity contribution in [2.24, 2.45) is 0 Å². The molecule has 1 heterocycles. The zero-order chi connectivity index (χ0) is 25.5. The van der Waals surface area contributed by atoms with Gasteiger partial charge in [-0.3, -0.25) is 10.1 Å². The smallest absolute Gasteiger partial charge is 0.390 e. The second-order valence-electron chi connectivity index (χ2n) is 8.16. The van der Waals surface area contributed by atoms with Crippen molar-refractivity contribution in [2.45, 2.75) is 6.54 Å². The van der Waals surface area contributed by atoms with Crippen molar-refractivity contribution in [1.29, 1.82) is 0 Å². The molecule has 2 N–H and O–H groups in total. The molecular formula is C30H23N3O3S. The average Bonchev–Trinajstić information content (AvgIpc) is 3.39. The van der Waals surface area contributed by atoms with Gasteiger partial charge in [0, 0.05) is 12.1 Å². The highest BCUT2D eigenvalue weighted by Gasteiger charge is 2.15. The summed E-state index contributed by atoms with van der Waals surface area (Å²) in [7, 11) is 0. The van der Waals surface area contributed by atoms with E-state index in [9.17, 15) is 9.59 Å². The lowest BCUT2D eigenvalue weighted by molar-refractivity contribution is 0.102. The van der Waals surface area contributed by atoms with E-state index in [2.05, 4.69) is 27.8 Å². The number of hydrogen-bond acceptors (Lipinski definition) is 5. The molecule has 0 aliphatic carbocycles. The van der Waals surface area contributed by atoms with E-state index in [1.807, 2.05) is 91.0 Å². The number of nitrogens with one attached hydrogen (secondary N) is 2. The molecule has 6 nitrogen and oxygen atoms in total. The number of amides is 2. The fourth-order valence-electron chi connectivity index (χ4n) is 3.83. The summed E-state index contributed by atoms with van der Waals surface area (Å²) in [5.41, 5.74) is 5.49. The predicted molar refractivity (Wildman–Crippen MR) is 147 cm³/mol. The first-order chi connectivity index (χ1) is 18.2. The highest BCUT2D eigenvalue weighted by Crippen LogP contribution is 2.26. The van der Waals surface area contributed by atoms with Crippen LogP contribution in [0.5, 0.6) is 5.88 Å². The standard InChI is InChI=1S/C30H23N3O3S/c34-28(26-14-8-7-13-25(26)24-11-5-2-6-12-24)33-29-32-27(20-37-29)36-30(35)31-19-21-15-17-23(18-16-21)22-9-3-1-4-10-22/h1-18,20H,19H2,(H,31,35)(H,32,33,34). The van der Waals surface area contributed by atoms with Gasteiger partial charge < -0.3 is 10.1 Å². The molecule has 0 bridgehead atoms.